The molecule has 1 fully saturated rings. The van der Waals surface area contributed by atoms with Gasteiger partial charge in [0.05, 0.1) is 12.7 Å². The summed E-state index contributed by atoms with van der Waals surface area (Å²) in [6.07, 6.45) is 1.19. The number of ether oxygens (including phenoxy) is 2. The average molecular weight is 275 g/mol. The van der Waals surface area contributed by atoms with Crippen LogP contribution in [0.2, 0.25) is 0 Å². The van der Waals surface area contributed by atoms with Crippen molar-refractivity contribution in [3.63, 3.8) is 0 Å². The second-order valence-electron chi connectivity index (χ2n) is 4.37. The van der Waals surface area contributed by atoms with Gasteiger partial charge in [0.2, 0.25) is 0 Å². The molecule has 0 radical (unpaired) electrons. The van der Waals surface area contributed by atoms with Gasteiger partial charge in [-0.3, -0.25) is 4.90 Å². The van der Waals surface area contributed by atoms with Crippen molar-refractivity contribution < 1.29 is 9.47 Å². The first-order valence-electron chi connectivity index (χ1n) is 6.60. The molecule has 1 heterocycles. The summed E-state index contributed by atoms with van der Waals surface area (Å²) >= 11 is 5.20. The predicted molar refractivity (Wildman–Crippen MR) is 77.0 cm³/mol. The van der Waals surface area contributed by atoms with Crippen LogP contribution in [-0.4, -0.2) is 69.2 Å². The van der Waals surface area contributed by atoms with Gasteiger partial charge in [-0.1, -0.05) is 6.92 Å². The minimum Gasteiger partial charge on any atom is -0.385 e. The van der Waals surface area contributed by atoms with Crippen molar-refractivity contribution in [2.45, 2.75) is 19.4 Å². The smallest absolute Gasteiger partial charge is 0.166 e. The molecule has 0 saturated carbocycles. The summed E-state index contributed by atoms with van der Waals surface area (Å²) < 4.78 is 10.7. The number of thiocarbonyl (C=S) groups is 1. The van der Waals surface area contributed by atoms with Gasteiger partial charge < -0.3 is 20.1 Å². The van der Waals surface area contributed by atoms with E-state index in [1.54, 1.807) is 7.11 Å². The molecule has 18 heavy (non-hydrogen) atoms. The molecule has 5 nitrogen and oxygen atoms in total. The molecule has 0 spiro atoms. The lowest BCUT2D eigenvalue weighted by Gasteiger charge is -2.32. The monoisotopic (exact) mass is 275 g/mol. The Labute approximate surface area is 115 Å². The fourth-order valence-electron chi connectivity index (χ4n) is 1.88. The van der Waals surface area contributed by atoms with Gasteiger partial charge in [-0.05, 0) is 25.2 Å². The standard InChI is InChI=1S/C12H25N3O2S/c1-3-15-6-8-17-11(10-15)9-14-12(18)13-5-4-7-16-2/h11H,3-10H2,1-2H3,(H2,13,14,18). The minimum atomic E-state index is 0.234. The van der Waals surface area contributed by atoms with E-state index in [1.807, 2.05) is 0 Å². The van der Waals surface area contributed by atoms with Gasteiger partial charge in [0.15, 0.2) is 5.11 Å². The zero-order chi connectivity index (χ0) is 13.2. The molecule has 1 rings (SSSR count). The highest BCUT2D eigenvalue weighted by molar-refractivity contribution is 7.80. The molecule has 0 amide bonds. The summed E-state index contributed by atoms with van der Waals surface area (Å²) in [6.45, 7) is 8.46. The maximum Gasteiger partial charge on any atom is 0.166 e. The van der Waals surface area contributed by atoms with E-state index in [2.05, 4.69) is 22.5 Å². The van der Waals surface area contributed by atoms with Gasteiger partial charge in [-0.25, -0.2) is 0 Å². The van der Waals surface area contributed by atoms with E-state index in [9.17, 15) is 0 Å². The van der Waals surface area contributed by atoms with Crippen LogP contribution in [0.3, 0.4) is 0 Å². The van der Waals surface area contributed by atoms with Crippen molar-refractivity contribution in [1.82, 2.24) is 15.5 Å². The van der Waals surface area contributed by atoms with Crippen molar-refractivity contribution in [2.75, 3.05) is 53.0 Å². The van der Waals surface area contributed by atoms with Crippen LogP contribution in [0, 0.1) is 0 Å². The van der Waals surface area contributed by atoms with E-state index in [0.29, 0.717) is 5.11 Å². The minimum absolute atomic E-state index is 0.234. The second-order valence-corrected chi connectivity index (χ2v) is 4.78. The number of nitrogens with zero attached hydrogens (tertiary/aromatic N) is 1. The van der Waals surface area contributed by atoms with Crippen molar-refractivity contribution in [3.8, 4) is 0 Å². The molecule has 1 atom stereocenters. The van der Waals surface area contributed by atoms with Crippen molar-refractivity contribution in [1.29, 1.82) is 0 Å². The molecule has 1 saturated heterocycles. The van der Waals surface area contributed by atoms with E-state index < -0.39 is 0 Å². The van der Waals surface area contributed by atoms with Gasteiger partial charge in [0, 0.05) is 39.9 Å². The van der Waals surface area contributed by atoms with Crippen molar-refractivity contribution in [3.05, 3.63) is 0 Å². The lowest BCUT2D eigenvalue weighted by molar-refractivity contribution is -0.0233. The molecule has 0 bridgehead atoms. The van der Waals surface area contributed by atoms with Crippen LogP contribution in [0.1, 0.15) is 13.3 Å². The first kappa shape index (κ1) is 15.6. The van der Waals surface area contributed by atoms with Crippen LogP contribution in [-0.2, 0) is 9.47 Å². The van der Waals surface area contributed by atoms with Crippen molar-refractivity contribution >= 4 is 17.3 Å². The van der Waals surface area contributed by atoms with Gasteiger partial charge >= 0.3 is 0 Å². The number of rotatable bonds is 7. The van der Waals surface area contributed by atoms with E-state index in [1.165, 1.54) is 0 Å². The quantitative estimate of drug-likeness (QED) is 0.511. The molecule has 1 unspecified atom stereocenters. The van der Waals surface area contributed by atoms with Crippen LogP contribution in [0.25, 0.3) is 0 Å². The maximum atomic E-state index is 5.69. The largest absolute Gasteiger partial charge is 0.385 e. The summed E-state index contributed by atoms with van der Waals surface area (Å²) in [7, 11) is 1.70. The Hall–Kier alpha value is -0.430. The lowest BCUT2D eigenvalue weighted by Crippen LogP contribution is -2.48. The molecule has 0 aromatic rings. The number of hydrogen-bond acceptors (Lipinski definition) is 4. The Morgan fingerprint density at radius 1 is 1.50 bits per heavy atom. The van der Waals surface area contributed by atoms with Crippen molar-refractivity contribution in [2.24, 2.45) is 0 Å². The number of likely N-dealkylation sites (N-methyl/N-ethyl adjacent to an activating group) is 1. The third-order valence-corrected chi connectivity index (χ3v) is 3.26. The number of morpholine rings is 1. The topological polar surface area (TPSA) is 45.8 Å². The third kappa shape index (κ3) is 6.49. The van der Waals surface area contributed by atoms with Crippen LogP contribution in [0.15, 0.2) is 0 Å². The fourth-order valence-corrected chi connectivity index (χ4v) is 2.06. The summed E-state index contributed by atoms with van der Waals surface area (Å²) in [6, 6.07) is 0. The maximum absolute atomic E-state index is 5.69. The van der Waals surface area contributed by atoms with E-state index >= 15 is 0 Å². The van der Waals surface area contributed by atoms with Gasteiger partial charge in [-0.2, -0.15) is 0 Å². The summed E-state index contributed by atoms with van der Waals surface area (Å²) in [5.41, 5.74) is 0. The molecule has 0 aromatic heterocycles. The third-order valence-electron chi connectivity index (χ3n) is 2.97. The van der Waals surface area contributed by atoms with Gasteiger partial charge in [0.25, 0.3) is 0 Å². The molecular weight excluding hydrogens is 250 g/mol. The van der Waals surface area contributed by atoms with E-state index in [4.69, 9.17) is 21.7 Å². The van der Waals surface area contributed by atoms with Crippen LogP contribution in [0.4, 0.5) is 0 Å². The van der Waals surface area contributed by atoms with E-state index in [0.717, 1.165) is 52.4 Å². The molecule has 0 aliphatic carbocycles. The number of nitrogens with one attached hydrogen (secondary N) is 2. The Balaban J connectivity index is 2.06. The molecule has 0 aromatic carbocycles. The highest BCUT2D eigenvalue weighted by Crippen LogP contribution is 2.03. The van der Waals surface area contributed by atoms with Crippen LogP contribution < -0.4 is 10.6 Å². The van der Waals surface area contributed by atoms with Crippen LogP contribution >= 0.6 is 12.2 Å². The summed E-state index contributed by atoms with van der Waals surface area (Å²) in [5, 5.41) is 7.05. The summed E-state index contributed by atoms with van der Waals surface area (Å²) in [5.74, 6) is 0. The van der Waals surface area contributed by atoms with E-state index in [-0.39, 0.29) is 6.10 Å². The Morgan fingerprint density at radius 2 is 2.33 bits per heavy atom. The SMILES string of the molecule is CCN1CCOC(CNC(=S)NCCCOC)C1. The zero-order valence-corrected chi connectivity index (χ0v) is 12.2. The highest BCUT2D eigenvalue weighted by atomic mass is 32.1. The predicted octanol–water partition coefficient (Wildman–Crippen LogP) is 0.208. The summed E-state index contributed by atoms with van der Waals surface area (Å²) in [4.78, 5) is 2.39. The normalized spacial score (nSPS) is 20.7. The first-order valence-corrected chi connectivity index (χ1v) is 7.01. The Kier molecular flexibility index (Phi) is 8.24. The number of methoxy groups -OCH3 is 1. The fraction of sp³-hybridized carbons (Fsp3) is 0.917. The van der Waals surface area contributed by atoms with Gasteiger partial charge in [-0.15, -0.1) is 0 Å². The van der Waals surface area contributed by atoms with Gasteiger partial charge in [0.1, 0.15) is 0 Å². The molecule has 2 N–H and O–H groups in total. The Bertz CT molecular complexity index is 241. The molecule has 1 aliphatic heterocycles. The molecular formula is C12H25N3O2S. The molecule has 6 heteroatoms. The zero-order valence-electron chi connectivity index (χ0n) is 11.4. The Morgan fingerprint density at radius 3 is 3.06 bits per heavy atom. The number of hydrogen-bond donors (Lipinski definition) is 2. The van der Waals surface area contributed by atoms with Crippen LogP contribution in [0.5, 0.6) is 0 Å². The molecule has 106 valence electrons. The highest BCUT2D eigenvalue weighted by Gasteiger charge is 2.18. The lowest BCUT2D eigenvalue weighted by atomic mass is 10.2. The average Bonchev–Trinajstić information content (AvgIpc) is 2.41. The molecule has 1 aliphatic rings. The first-order chi connectivity index (χ1) is 8.76. The second kappa shape index (κ2) is 9.49.